The Hall–Kier alpha value is -0.0831. The van der Waals surface area contributed by atoms with E-state index >= 15 is 0 Å². The summed E-state index contributed by atoms with van der Waals surface area (Å²) in [7, 11) is -1.72. The van der Waals surface area contributed by atoms with Crippen LogP contribution in [0.4, 0.5) is 0 Å². The molecular weight excluding hydrogens is 344 g/mol. The summed E-state index contributed by atoms with van der Waals surface area (Å²) in [4.78, 5) is 0. The van der Waals surface area contributed by atoms with Gasteiger partial charge in [-0.25, -0.2) is 0 Å². The van der Waals surface area contributed by atoms with Gasteiger partial charge in [0.1, 0.15) is 0 Å². The number of hydrogen-bond acceptors (Lipinski definition) is 1. The Morgan fingerprint density at radius 2 is 1.74 bits per heavy atom. The molecule has 0 heterocycles. The van der Waals surface area contributed by atoms with Gasteiger partial charge in [-0.05, 0) is 91.7 Å². The number of hydrogen-bond donors (Lipinski definition) is 0. The van der Waals surface area contributed by atoms with E-state index in [1.165, 1.54) is 38.5 Å². The van der Waals surface area contributed by atoms with Crippen LogP contribution in [0.2, 0.25) is 18.1 Å². The van der Waals surface area contributed by atoms with Crippen LogP contribution in [0, 0.1) is 28.1 Å². The van der Waals surface area contributed by atoms with Gasteiger partial charge >= 0.3 is 0 Å². The Morgan fingerprint density at radius 1 is 1.11 bits per heavy atom. The van der Waals surface area contributed by atoms with E-state index in [-0.39, 0.29) is 0 Å². The van der Waals surface area contributed by atoms with Gasteiger partial charge in [-0.1, -0.05) is 60.1 Å². The SMILES string of the molecule is CC1=C[C@@](C)(CC[C@@]2(C)C[C@H](O[Si](C)(C)C(C)(C)C)[C@H]3C[C@@H]2C3(C)C)CC1. The predicted molar refractivity (Wildman–Crippen MR) is 121 cm³/mol. The maximum absolute atomic E-state index is 7.07. The topological polar surface area (TPSA) is 9.23 Å². The van der Waals surface area contributed by atoms with Gasteiger partial charge in [-0.3, -0.25) is 0 Å². The molecule has 0 aromatic heterocycles. The van der Waals surface area contributed by atoms with E-state index in [0.29, 0.717) is 27.4 Å². The lowest BCUT2D eigenvalue weighted by Gasteiger charge is -2.68. The second-order valence-electron chi connectivity index (χ2n) is 13.1. The molecule has 3 saturated carbocycles. The van der Waals surface area contributed by atoms with Crippen molar-refractivity contribution in [3.05, 3.63) is 11.6 Å². The summed E-state index contributed by atoms with van der Waals surface area (Å²) in [6, 6.07) is 0. The van der Waals surface area contributed by atoms with E-state index in [9.17, 15) is 0 Å². The fourth-order valence-corrected chi connectivity index (χ4v) is 7.82. The Kier molecular flexibility index (Phi) is 5.17. The molecule has 4 aliphatic carbocycles. The van der Waals surface area contributed by atoms with Crippen LogP contribution in [-0.4, -0.2) is 14.4 Å². The lowest BCUT2D eigenvalue weighted by Crippen LogP contribution is -2.65. The molecule has 27 heavy (non-hydrogen) atoms. The van der Waals surface area contributed by atoms with Crippen LogP contribution < -0.4 is 0 Å². The highest BCUT2D eigenvalue weighted by molar-refractivity contribution is 6.74. The van der Waals surface area contributed by atoms with Gasteiger partial charge in [-0.2, -0.15) is 0 Å². The molecule has 2 heteroatoms. The predicted octanol–water partition coefficient (Wildman–Crippen LogP) is 7.98. The molecule has 1 nitrogen and oxygen atoms in total. The molecule has 2 bridgehead atoms. The second-order valence-corrected chi connectivity index (χ2v) is 17.9. The summed E-state index contributed by atoms with van der Waals surface area (Å²) in [5.74, 6) is 1.65. The van der Waals surface area contributed by atoms with E-state index in [2.05, 4.69) is 74.6 Å². The van der Waals surface area contributed by atoms with Gasteiger partial charge in [0, 0.05) is 6.10 Å². The molecule has 0 unspecified atom stereocenters. The third-order valence-electron chi connectivity index (χ3n) is 9.51. The number of allylic oxidation sites excluding steroid dienone is 2. The molecule has 156 valence electrons. The van der Waals surface area contributed by atoms with Crippen LogP contribution in [0.5, 0.6) is 0 Å². The summed E-state index contributed by atoms with van der Waals surface area (Å²) < 4.78 is 7.07. The summed E-state index contributed by atoms with van der Waals surface area (Å²) in [6.45, 7) is 24.5. The van der Waals surface area contributed by atoms with Crippen LogP contribution in [0.25, 0.3) is 0 Å². The Bertz CT molecular complexity index is 610. The number of fused-ring (bicyclic) bond motifs is 2. The highest BCUT2D eigenvalue weighted by Crippen LogP contribution is 2.68. The van der Waals surface area contributed by atoms with Crippen LogP contribution in [0.3, 0.4) is 0 Å². The molecular formula is C25H46OSi. The van der Waals surface area contributed by atoms with Crippen molar-refractivity contribution in [2.24, 2.45) is 28.1 Å². The van der Waals surface area contributed by atoms with Gasteiger partial charge in [0.2, 0.25) is 0 Å². The van der Waals surface area contributed by atoms with Crippen LogP contribution in [0.1, 0.15) is 93.9 Å². The number of rotatable bonds is 5. The Morgan fingerprint density at radius 3 is 2.22 bits per heavy atom. The average molecular weight is 391 g/mol. The van der Waals surface area contributed by atoms with Gasteiger partial charge < -0.3 is 4.43 Å². The van der Waals surface area contributed by atoms with Crippen LogP contribution in [-0.2, 0) is 4.43 Å². The third kappa shape index (κ3) is 3.75. The maximum Gasteiger partial charge on any atom is 0.192 e. The highest BCUT2D eigenvalue weighted by atomic mass is 28.4. The molecule has 0 aliphatic heterocycles. The fourth-order valence-electron chi connectivity index (χ4n) is 6.46. The normalized spacial score (nSPS) is 41.3. The Labute approximate surface area is 170 Å². The zero-order valence-corrected chi connectivity index (χ0v) is 21.0. The van der Waals surface area contributed by atoms with Crippen molar-refractivity contribution in [2.75, 3.05) is 0 Å². The molecule has 0 N–H and O–H groups in total. The molecule has 3 fully saturated rings. The van der Waals surface area contributed by atoms with Crippen molar-refractivity contribution >= 4 is 8.32 Å². The summed E-state index contributed by atoms with van der Waals surface area (Å²) in [5, 5.41) is 0.299. The smallest absolute Gasteiger partial charge is 0.192 e. The first-order valence-corrected chi connectivity index (χ1v) is 14.4. The van der Waals surface area contributed by atoms with Crippen molar-refractivity contribution in [3.8, 4) is 0 Å². The van der Waals surface area contributed by atoms with Crippen molar-refractivity contribution in [3.63, 3.8) is 0 Å². The molecule has 4 aliphatic rings. The molecule has 0 spiro atoms. The average Bonchev–Trinajstić information content (AvgIpc) is 2.83. The van der Waals surface area contributed by atoms with Crippen molar-refractivity contribution < 1.29 is 4.43 Å². The van der Waals surface area contributed by atoms with Crippen molar-refractivity contribution in [2.45, 2.75) is 118 Å². The van der Waals surface area contributed by atoms with Crippen molar-refractivity contribution in [1.82, 2.24) is 0 Å². The molecule has 0 saturated heterocycles. The minimum absolute atomic E-state index is 0.299. The van der Waals surface area contributed by atoms with Crippen LogP contribution in [0.15, 0.2) is 11.6 Å². The van der Waals surface area contributed by atoms with E-state index in [4.69, 9.17) is 4.43 Å². The second kappa shape index (κ2) is 6.46. The summed E-state index contributed by atoms with van der Waals surface area (Å²) in [6.07, 6.45) is 11.1. The van der Waals surface area contributed by atoms with Crippen LogP contribution >= 0.6 is 0 Å². The summed E-state index contributed by atoms with van der Waals surface area (Å²) in [5.41, 5.74) is 2.93. The van der Waals surface area contributed by atoms with E-state index < -0.39 is 8.32 Å². The van der Waals surface area contributed by atoms with E-state index in [0.717, 1.165) is 11.8 Å². The summed E-state index contributed by atoms with van der Waals surface area (Å²) >= 11 is 0. The lowest BCUT2D eigenvalue weighted by atomic mass is 9.39. The van der Waals surface area contributed by atoms with Gasteiger partial charge in [0.25, 0.3) is 0 Å². The van der Waals surface area contributed by atoms with Gasteiger partial charge in [0.15, 0.2) is 8.32 Å². The zero-order valence-electron chi connectivity index (χ0n) is 20.0. The molecule has 0 amide bonds. The maximum atomic E-state index is 7.07. The minimum atomic E-state index is -1.72. The first-order valence-electron chi connectivity index (χ1n) is 11.5. The van der Waals surface area contributed by atoms with E-state index in [1.54, 1.807) is 5.57 Å². The zero-order chi connectivity index (χ0) is 20.5. The first-order chi connectivity index (χ1) is 12.1. The van der Waals surface area contributed by atoms with Gasteiger partial charge in [0.05, 0.1) is 0 Å². The van der Waals surface area contributed by atoms with E-state index in [1.807, 2.05) is 0 Å². The molecule has 0 aromatic rings. The van der Waals surface area contributed by atoms with Crippen molar-refractivity contribution in [1.29, 1.82) is 0 Å². The molecule has 5 atom stereocenters. The Balaban J connectivity index is 1.76. The fraction of sp³-hybridized carbons (Fsp3) is 0.920. The minimum Gasteiger partial charge on any atom is -0.414 e. The molecule has 4 rings (SSSR count). The monoisotopic (exact) mass is 390 g/mol. The molecule has 0 aromatic carbocycles. The van der Waals surface area contributed by atoms with Gasteiger partial charge in [-0.15, -0.1) is 0 Å². The standard InChI is InChI=1S/C25H46OSi/c1-18-11-12-24(7,16-18)13-14-25(8)17-20(19-15-21(25)23(19,5)6)26-27(9,10)22(2,3)4/h16,19-21H,11-15,17H2,1-10H3/t19-,20+,21-,24-,25+/m1/s1. The lowest BCUT2D eigenvalue weighted by molar-refractivity contribution is -0.206. The highest BCUT2D eigenvalue weighted by Gasteiger charge is 2.64. The largest absolute Gasteiger partial charge is 0.414 e. The molecule has 0 radical (unpaired) electrons. The quantitative estimate of drug-likeness (QED) is 0.341. The third-order valence-corrected chi connectivity index (χ3v) is 14.0. The first kappa shape index (κ1) is 21.6.